The van der Waals surface area contributed by atoms with Crippen LogP contribution in [0.3, 0.4) is 0 Å². The molecule has 2 aliphatic heterocycles. The zero-order valence-electron chi connectivity index (χ0n) is 15.3. The number of fused-ring (bicyclic) bond motifs is 1. The van der Waals surface area contributed by atoms with Gasteiger partial charge in [-0.15, -0.1) is 0 Å². The van der Waals surface area contributed by atoms with Crippen molar-refractivity contribution in [3.63, 3.8) is 0 Å². The van der Waals surface area contributed by atoms with Crippen molar-refractivity contribution in [1.29, 1.82) is 0 Å². The predicted octanol–water partition coefficient (Wildman–Crippen LogP) is 1.94. The van der Waals surface area contributed by atoms with Gasteiger partial charge in [-0.2, -0.15) is 0 Å². The number of aromatic nitrogens is 3. The molecule has 0 aromatic carbocycles. The third-order valence-corrected chi connectivity index (χ3v) is 5.53. The number of nitrogens with one attached hydrogen (secondary N) is 1. The molecule has 6 nitrogen and oxygen atoms in total. The van der Waals surface area contributed by atoms with Crippen LogP contribution < -0.4 is 5.56 Å². The van der Waals surface area contributed by atoms with Crippen LogP contribution in [0.5, 0.6) is 0 Å². The lowest BCUT2D eigenvalue weighted by Crippen LogP contribution is -2.42. The lowest BCUT2D eigenvalue weighted by Gasteiger charge is -2.32. The first kappa shape index (κ1) is 17.1. The highest BCUT2D eigenvalue weighted by molar-refractivity contribution is 5.77. The van der Waals surface area contributed by atoms with Gasteiger partial charge in [0, 0.05) is 43.2 Å². The Morgan fingerprint density at radius 2 is 2.15 bits per heavy atom. The van der Waals surface area contributed by atoms with Gasteiger partial charge in [-0.1, -0.05) is 13.0 Å². The maximum absolute atomic E-state index is 12.3. The Morgan fingerprint density at radius 3 is 2.92 bits per heavy atom. The number of hydrogen-bond acceptors (Lipinski definition) is 4. The van der Waals surface area contributed by atoms with E-state index >= 15 is 0 Å². The number of allylic oxidation sites excluding steroid dienone is 1. The first-order valence-corrected chi connectivity index (χ1v) is 9.30. The van der Waals surface area contributed by atoms with E-state index in [9.17, 15) is 4.79 Å². The van der Waals surface area contributed by atoms with Crippen molar-refractivity contribution in [3.8, 4) is 0 Å². The normalized spacial score (nSPS) is 24.4. The molecular weight excluding hydrogens is 328 g/mol. The molecule has 1 saturated heterocycles. The van der Waals surface area contributed by atoms with Gasteiger partial charge in [0.1, 0.15) is 12.9 Å². The van der Waals surface area contributed by atoms with Crippen LogP contribution in [0.2, 0.25) is 0 Å². The number of rotatable bonds is 3. The third-order valence-electron chi connectivity index (χ3n) is 5.53. The van der Waals surface area contributed by atoms with Crippen molar-refractivity contribution in [1.82, 2.24) is 15.0 Å². The summed E-state index contributed by atoms with van der Waals surface area (Å²) in [7, 11) is 2.16. The van der Waals surface area contributed by atoms with Crippen molar-refractivity contribution in [2.24, 2.45) is 11.8 Å². The minimum absolute atomic E-state index is 0.106. The van der Waals surface area contributed by atoms with E-state index in [0.717, 1.165) is 26.1 Å². The SMILES string of the molecule is CC1C=C(Cc2nc3cnccc3c(=O)[nH]2)C=[N+](C)C1C1CCOCC1. The lowest BCUT2D eigenvalue weighted by atomic mass is 9.81. The van der Waals surface area contributed by atoms with E-state index in [1.54, 1.807) is 18.5 Å². The Balaban J connectivity index is 1.57. The minimum Gasteiger partial charge on any atom is -0.381 e. The molecule has 1 fully saturated rings. The third kappa shape index (κ3) is 3.33. The van der Waals surface area contributed by atoms with Gasteiger partial charge in [-0.05, 0) is 18.9 Å². The fourth-order valence-corrected chi connectivity index (χ4v) is 4.44. The van der Waals surface area contributed by atoms with Crippen LogP contribution in [-0.4, -0.2) is 52.0 Å². The monoisotopic (exact) mass is 353 g/mol. The second kappa shape index (κ2) is 7.11. The molecule has 0 spiro atoms. The molecule has 2 aliphatic rings. The average Bonchev–Trinajstić information content (AvgIpc) is 2.62. The van der Waals surface area contributed by atoms with Crippen LogP contribution in [-0.2, 0) is 11.2 Å². The predicted molar refractivity (Wildman–Crippen MR) is 101 cm³/mol. The summed E-state index contributed by atoms with van der Waals surface area (Å²) in [5.74, 6) is 1.81. The first-order valence-electron chi connectivity index (χ1n) is 9.30. The fourth-order valence-electron chi connectivity index (χ4n) is 4.44. The Hall–Kier alpha value is -2.34. The number of nitrogens with zero attached hydrogens (tertiary/aromatic N) is 3. The smallest absolute Gasteiger partial charge is 0.258 e. The molecule has 4 heterocycles. The van der Waals surface area contributed by atoms with Gasteiger partial charge >= 0.3 is 0 Å². The van der Waals surface area contributed by atoms with Crippen LogP contribution in [0, 0.1) is 11.8 Å². The van der Waals surface area contributed by atoms with Gasteiger partial charge in [-0.25, -0.2) is 9.56 Å². The van der Waals surface area contributed by atoms with Gasteiger partial charge in [-0.3, -0.25) is 9.78 Å². The highest BCUT2D eigenvalue weighted by Crippen LogP contribution is 2.29. The number of pyridine rings is 1. The standard InChI is InChI=1S/C20H24N4O2/c1-13-9-14(12-24(2)19(13)15-4-7-26-8-5-15)10-18-22-17-11-21-6-3-16(17)20(25)23-18/h3,6,9,11-13,15,19H,4-5,7-8,10H2,1-2H3/p+1. The second-order valence-electron chi connectivity index (χ2n) is 7.42. The number of aromatic amines is 1. The summed E-state index contributed by atoms with van der Waals surface area (Å²) >= 11 is 0. The molecule has 26 heavy (non-hydrogen) atoms. The van der Waals surface area contributed by atoms with E-state index in [1.807, 2.05) is 0 Å². The van der Waals surface area contributed by atoms with Crippen molar-refractivity contribution in [3.05, 3.63) is 46.3 Å². The molecule has 6 heteroatoms. The van der Waals surface area contributed by atoms with E-state index in [4.69, 9.17) is 4.74 Å². The number of hydrogen-bond donors (Lipinski definition) is 1. The molecule has 136 valence electrons. The van der Waals surface area contributed by atoms with Crippen molar-refractivity contribution in [2.45, 2.75) is 32.2 Å². The number of ether oxygens (including phenoxy) is 1. The molecule has 2 atom stereocenters. The van der Waals surface area contributed by atoms with Crippen LogP contribution >= 0.6 is 0 Å². The summed E-state index contributed by atoms with van der Waals surface area (Å²) in [5.41, 5.74) is 1.73. The fraction of sp³-hybridized carbons (Fsp3) is 0.500. The van der Waals surface area contributed by atoms with Crippen LogP contribution in [0.25, 0.3) is 10.9 Å². The Labute approximate surface area is 152 Å². The van der Waals surface area contributed by atoms with E-state index in [-0.39, 0.29) is 5.56 Å². The van der Waals surface area contributed by atoms with E-state index < -0.39 is 0 Å². The minimum atomic E-state index is -0.106. The van der Waals surface area contributed by atoms with Gasteiger partial charge in [0.15, 0.2) is 12.3 Å². The molecule has 0 bridgehead atoms. The zero-order valence-corrected chi connectivity index (χ0v) is 15.3. The summed E-state index contributed by atoms with van der Waals surface area (Å²) in [4.78, 5) is 23.8. The number of H-pyrrole nitrogens is 1. The van der Waals surface area contributed by atoms with Crippen LogP contribution in [0.1, 0.15) is 25.6 Å². The molecule has 4 rings (SSSR count). The van der Waals surface area contributed by atoms with Gasteiger partial charge < -0.3 is 9.72 Å². The molecule has 0 amide bonds. The van der Waals surface area contributed by atoms with Gasteiger partial charge in [0.05, 0.1) is 17.1 Å². The zero-order chi connectivity index (χ0) is 18.1. The molecule has 2 unspecified atom stereocenters. The summed E-state index contributed by atoms with van der Waals surface area (Å²) in [6, 6.07) is 2.21. The molecule has 0 aliphatic carbocycles. The van der Waals surface area contributed by atoms with E-state index in [1.165, 1.54) is 5.57 Å². The molecule has 2 aromatic rings. The molecule has 0 saturated carbocycles. The highest BCUT2D eigenvalue weighted by Gasteiger charge is 2.36. The maximum atomic E-state index is 12.3. The molecule has 2 aromatic heterocycles. The van der Waals surface area contributed by atoms with Crippen molar-refractivity contribution < 1.29 is 9.31 Å². The van der Waals surface area contributed by atoms with Crippen molar-refractivity contribution >= 4 is 17.1 Å². The van der Waals surface area contributed by atoms with E-state index in [0.29, 0.717) is 41.0 Å². The molecular formula is C20H25N4O2+. The van der Waals surface area contributed by atoms with Gasteiger partial charge in [0.25, 0.3) is 5.56 Å². The Morgan fingerprint density at radius 1 is 1.35 bits per heavy atom. The second-order valence-corrected chi connectivity index (χ2v) is 7.42. The summed E-state index contributed by atoms with van der Waals surface area (Å²) in [5, 5.41) is 0.579. The summed E-state index contributed by atoms with van der Waals surface area (Å²) < 4.78 is 7.86. The summed E-state index contributed by atoms with van der Waals surface area (Å²) in [6.45, 7) is 4.02. The molecule has 1 N–H and O–H groups in total. The lowest BCUT2D eigenvalue weighted by molar-refractivity contribution is -0.552. The largest absolute Gasteiger partial charge is 0.381 e. The first-order chi connectivity index (χ1) is 12.6. The Kier molecular flexibility index (Phi) is 4.68. The average molecular weight is 353 g/mol. The van der Waals surface area contributed by atoms with Crippen LogP contribution in [0.4, 0.5) is 0 Å². The van der Waals surface area contributed by atoms with Gasteiger partial charge in [0.2, 0.25) is 0 Å². The van der Waals surface area contributed by atoms with E-state index in [2.05, 4.69) is 45.8 Å². The summed E-state index contributed by atoms with van der Waals surface area (Å²) in [6.07, 6.45) is 10.7. The quantitative estimate of drug-likeness (QED) is 0.856. The maximum Gasteiger partial charge on any atom is 0.258 e. The Bertz CT molecular complexity index is 925. The molecule has 0 radical (unpaired) electrons. The topological polar surface area (TPSA) is 70.9 Å². The highest BCUT2D eigenvalue weighted by atomic mass is 16.5. The van der Waals surface area contributed by atoms with Crippen molar-refractivity contribution in [2.75, 3.05) is 20.3 Å². The van der Waals surface area contributed by atoms with Crippen LogP contribution in [0.15, 0.2) is 34.9 Å².